The van der Waals surface area contributed by atoms with E-state index in [4.69, 9.17) is 4.42 Å². The van der Waals surface area contributed by atoms with Gasteiger partial charge in [0.25, 0.3) is 5.91 Å². The van der Waals surface area contributed by atoms with Gasteiger partial charge in [0.15, 0.2) is 11.3 Å². The second-order valence-corrected chi connectivity index (χ2v) is 7.33. The first-order valence-corrected chi connectivity index (χ1v) is 8.79. The number of carbonyl (C=O) groups is 1. The van der Waals surface area contributed by atoms with E-state index in [1.165, 1.54) is 18.3 Å². The summed E-state index contributed by atoms with van der Waals surface area (Å²) in [6.07, 6.45) is -0.0339. The van der Waals surface area contributed by atoms with E-state index in [1.807, 2.05) is 12.8 Å². The number of fused-ring (bicyclic) bond motifs is 4. The Kier molecular flexibility index (Phi) is 4.15. The van der Waals surface area contributed by atoms with Crippen LogP contribution >= 0.6 is 0 Å². The SMILES string of the molecule is C[C@@]1(NC(=O)c2cc3cc(C#CC(F)(F)F)oc3cn2)CC2CCN1CC2. The zero-order valence-electron chi connectivity index (χ0n) is 14.7. The number of rotatable bonds is 2. The molecule has 27 heavy (non-hydrogen) atoms. The Morgan fingerprint density at radius 1 is 1.37 bits per heavy atom. The van der Waals surface area contributed by atoms with Crippen LogP contribution in [0.25, 0.3) is 11.0 Å². The van der Waals surface area contributed by atoms with Crippen LogP contribution < -0.4 is 5.32 Å². The summed E-state index contributed by atoms with van der Waals surface area (Å²) in [7, 11) is 0. The number of furan rings is 1. The summed E-state index contributed by atoms with van der Waals surface area (Å²) in [6.45, 7) is 3.96. The Balaban J connectivity index is 1.55. The van der Waals surface area contributed by atoms with E-state index in [0.29, 0.717) is 11.3 Å². The highest BCUT2D eigenvalue weighted by Gasteiger charge is 2.43. The summed E-state index contributed by atoms with van der Waals surface area (Å²) in [6, 6.07) is 2.88. The van der Waals surface area contributed by atoms with Gasteiger partial charge in [-0.15, -0.1) is 0 Å². The van der Waals surface area contributed by atoms with Crippen LogP contribution in [0.5, 0.6) is 0 Å². The molecule has 1 N–H and O–H groups in total. The fourth-order valence-corrected chi connectivity index (χ4v) is 4.02. The molecule has 2 aromatic heterocycles. The lowest BCUT2D eigenvalue weighted by Crippen LogP contribution is -2.65. The number of piperidine rings is 3. The van der Waals surface area contributed by atoms with Gasteiger partial charge in [-0.25, -0.2) is 4.98 Å². The van der Waals surface area contributed by atoms with Gasteiger partial charge in [0.1, 0.15) is 5.69 Å². The van der Waals surface area contributed by atoms with Crippen molar-refractivity contribution in [1.29, 1.82) is 0 Å². The molecule has 2 aromatic rings. The van der Waals surface area contributed by atoms with Gasteiger partial charge in [-0.05, 0) is 44.1 Å². The third-order valence-electron chi connectivity index (χ3n) is 5.35. The number of hydrogen-bond acceptors (Lipinski definition) is 4. The first kappa shape index (κ1) is 17.9. The van der Waals surface area contributed by atoms with Gasteiger partial charge in [-0.3, -0.25) is 9.69 Å². The Morgan fingerprint density at radius 3 is 2.74 bits per heavy atom. The number of hydrogen-bond donors (Lipinski definition) is 1. The molecule has 3 aliphatic rings. The topological polar surface area (TPSA) is 58.4 Å². The number of halogens is 3. The van der Waals surface area contributed by atoms with E-state index in [2.05, 4.69) is 15.2 Å². The second-order valence-electron chi connectivity index (χ2n) is 7.33. The number of pyridine rings is 1. The van der Waals surface area contributed by atoms with Crippen LogP contribution in [-0.2, 0) is 0 Å². The zero-order valence-corrected chi connectivity index (χ0v) is 14.7. The van der Waals surface area contributed by atoms with E-state index in [-0.39, 0.29) is 22.9 Å². The minimum Gasteiger partial charge on any atom is -0.446 e. The maximum Gasteiger partial charge on any atom is 0.458 e. The maximum absolute atomic E-state index is 12.7. The Morgan fingerprint density at radius 2 is 2.11 bits per heavy atom. The third-order valence-corrected chi connectivity index (χ3v) is 5.35. The number of nitrogens with one attached hydrogen (secondary N) is 1. The van der Waals surface area contributed by atoms with Crippen molar-refractivity contribution in [2.24, 2.45) is 5.92 Å². The molecule has 0 spiro atoms. The molecule has 142 valence electrons. The molecule has 0 unspecified atom stereocenters. The van der Waals surface area contributed by atoms with Crippen LogP contribution in [0.2, 0.25) is 0 Å². The molecule has 0 saturated carbocycles. The molecule has 1 atom stereocenters. The quantitative estimate of drug-likeness (QED) is 0.816. The highest BCUT2D eigenvalue weighted by molar-refractivity contribution is 5.96. The standard InChI is InChI=1S/C19H18F3N3O2/c1-18(10-12-3-6-25(18)7-4-12)24-17(26)15-9-13-8-14(2-5-19(20,21)22)27-16(13)11-23-15/h8-9,11-12H,3-4,6-7,10H2,1H3,(H,24,26)/t18-/m0/s1. The number of carbonyl (C=O) groups excluding carboxylic acids is 1. The highest BCUT2D eigenvalue weighted by atomic mass is 19.4. The van der Waals surface area contributed by atoms with Crippen LogP contribution in [0.3, 0.4) is 0 Å². The lowest BCUT2D eigenvalue weighted by Gasteiger charge is -2.52. The third kappa shape index (κ3) is 3.65. The lowest BCUT2D eigenvalue weighted by atomic mass is 9.80. The van der Waals surface area contributed by atoms with Crippen LogP contribution in [0, 0.1) is 17.8 Å². The zero-order chi connectivity index (χ0) is 19.2. The highest BCUT2D eigenvalue weighted by Crippen LogP contribution is 2.37. The van der Waals surface area contributed by atoms with Gasteiger partial charge in [-0.1, -0.05) is 0 Å². The van der Waals surface area contributed by atoms with Gasteiger partial charge in [0.2, 0.25) is 0 Å². The first-order valence-electron chi connectivity index (χ1n) is 8.79. The molecule has 3 fully saturated rings. The molecule has 3 saturated heterocycles. The van der Waals surface area contributed by atoms with Crippen molar-refractivity contribution in [1.82, 2.24) is 15.2 Å². The molecular weight excluding hydrogens is 359 g/mol. The van der Waals surface area contributed by atoms with E-state index >= 15 is 0 Å². The molecule has 5 rings (SSSR count). The van der Waals surface area contributed by atoms with Crippen molar-refractivity contribution in [2.45, 2.75) is 38.0 Å². The summed E-state index contributed by atoms with van der Waals surface area (Å²) < 4.78 is 41.8. The summed E-state index contributed by atoms with van der Waals surface area (Å²) >= 11 is 0. The van der Waals surface area contributed by atoms with E-state index in [9.17, 15) is 18.0 Å². The van der Waals surface area contributed by atoms with Gasteiger partial charge in [0, 0.05) is 30.5 Å². The summed E-state index contributed by atoms with van der Waals surface area (Å²) in [5, 5.41) is 3.56. The van der Waals surface area contributed by atoms with Gasteiger partial charge in [-0.2, -0.15) is 13.2 Å². The maximum atomic E-state index is 12.7. The number of alkyl halides is 3. The van der Waals surface area contributed by atoms with Crippen molar-refractivity contribution in [3.05, 3.63) is 29.8 Å². The molecule has 0 radical (unpaired) electrons. The molecule has 2 bridgehead atoms. The van der Waals surface area contributed by atoms with Gasteiger partial charge < -0.3 is 9.73 Å². The van der Waals surface area contributed by atoms with Crippen LogP contribution in [-0.4, -0.2) is 40.7 Å². The van der Waals surface area contributed by atoms with Crippen LogP contribution in [0.15, 0.2) is 22.7 Å². The number of nitrogens with zero attached hydrogens (tertiary/aromatic N) is 2. The normalized spacial score (nSPS) is 27.3. The van der Waals surface area contributed by atoms with E-state index in [1.54, 1.807) is 0 Å². The Hall–Kier alpha value is -2.53. The molecule has 0 aromatic carbocycles. The lowest BCUT2D eigenvalue weighted by molar-refractivity contribution is -0.0697. The monoisotopic (exact) mass is 377 g/mol. The molecule has 5 heterocycles. The fourth-order valence-electron chi connectivity index (χ4n) is 4.02. The van der Waals surface area contributed by atoms with Gasteiger partial charge >= 0.3 is 6.18 Å². The summed E-state index contributed by atoms with van der Waals surface area (Å²) in [4.78, 5) is 19.1. The summed E-state index contributed by atoms with van der Waals surface area (Å²) in [5.74, 6) is 3.29. The molecule has 5 nitrogen and oxygen atoms in total. The average Bonchev–Trinajstić information content (AvgIpc) is 3.02. The van der Waals surface area contributed by atoms with E-state index < -0.39 is 11.8 Å². The second kappa shape index (κ2) is 6.27. The predicted octanol–water partition coefficient (Wildman–Crippen LogP) is 3.30. The largest absolute Gasteiger partial charge is 0.458 e. The Bertz CT molecular complexity index is 948. The first-order chi connectivity index (χ1) is 12.7. The smallest absolute Gasteiger partial charge is 0.446 e. The van der Waals surface area contributed by atoms with Crippen molar-refractivity contribution < 1.29 is 22.4 Å². The van der Waals surface area contributed by atoms with Crippen LogP contribution in [0.1, 0.15) is 42.4 Å². The number of amides is 1. The molecular formula is C19H18F3N3O2. The molecule has 0 aliphatic carbocycles. The van der Waals surface area contributed by atoms with E-state index in [0.717, 1.165) is 38.3 Å². The van der Waals surface area contributed by atoms with Crippen molar-refractivity contribution >= 4 is 16.9 Å². The molecule has 1 amide bonds. The van der Waals surface area contributed by atoms with Crippen molar-refractivity contribution in [3.63, 3.8) is 0 Å². The fraction of sp³-hybridized carbons (Fsp3) is 0.474. The van der Waals surface area contributed by atoms with Crippen molar-refractivity contribution in [3.8, 4) is 11.8 Å². The summed E-state index contributed by atoms with van der Waals surface area (Å²) in [5.41, 5.74) is 0.0847. The van der Waals surface area contributed by atoms with Crippen molar-refractivity contribution in [2.75, 3.05) is 13.1 Å². The Labute approximate surface area is 153 Å². The minimum absolute atomic E-state index is 0.121. The number of aromatic nitrogens is 1. The van der Waals surface area contributed by atoms with Crippen LogP contribution in [0.4, 0.5) is 13.2 Å². The molecule has 8 heteroatoms. The minimum atomic E-state index is -4.59. The predicted molar refractivity (Wildman–Crippen MR) is 91.7 cm³/mol. The molecule has 3 aliphatic heterocycles. The van der Waals surface area contributed by atoms with Gasteiger partial charge in [0.05, 0.1) is 11.9 Å². The average molecular weight is 377 g/mol.